The van der Waals surface area contributed by atoms with Gasteiger partial charge in [-0.15, -0.1) is 0 Å². The molecule has 1 aliphatic carbocycles. The molecule has 2 fully saturated rings. The van der Waals surface area contributed by atoms with E-state index in [1.54, 1.807) is 31.4 Å². The summed E-state index contributed by atoms with van der Waals surface area (Å²) in [4.78, 5) is 19.8. The number of anilines is 1. The van der Waals surface area contributed by atoms with Gasteiger partial charge in [-0.2, -0.15) is 4.31 Å². The van der Waals surface area contributed by atoms with Crippen LogP contribution in [0.4, 0.5) is 5.82 Å². The van der Waals surface area contributed by atoms with Crippen LogP contribution in [0.25, 0.3) is 0 Å². The molecule has 1 amide bonds. The van der Waals surface area contributed by atoms with Crippen molar-refractivity contribution in [1.29, 1.82) is 0 Å². The van der Waals surface area contributed by atoms with Crippen LogP contribution in [0.3, 0.4) is 0 Å². The second-order valence-corrected chi connectivity index (χ2v) is 11.7. The molecule has 2 aromatic rings. The molecule has 1 aromatic carbocycles. The zero-order valence-corrected chi connectivity index (χ0v) is 21.1. The fourth-order valence-corrected chi connectivity index (χ4v) is 6.30. The lowest BCUT2D eigenvalue weighted by molar-refractivity contribution is 0.0950. The van der Waals surface area contributed by atoms with Gasteiger partial charge < -0.3 is 10.2 Å². The molecule has 2 aliphatic rings. The Bertz CT molecular complexity index is 1070. The van der Waals surface area contributed by atoms with Crippen molar-refractivity contribution < 1.29 is 13.2 Å². The van der Waals surface area contributed by atoms with E-state index in [4.69, 9.17) is 0 Å². The van der Waals surface area contributed by atoms with E-state index < -0.39 is 10.0 Å². The highest BCUT2D eigenvalue weighted by Crippen LogP contribution is 2.27. The fraction of sp³-hybridized carbons (Fsp3) is 0.538. The molecule has 1 aromatic heterocycles. The standard InChI is InChI=1S/C26H36N4O3S/c1-20-13-15-30(16-14-20)25-12-11-21(18-27-25)19-28-26(31)22-7-6-10-24(17-22)34(32,33)29(2)23-8-4-3-5-9-23/h6-7,10-12,17-18,20,23H,3-5,8-9,13-16,19H2,1-2H3,(H,28,31). The number of carbonyl (C=O) groups is 1. The van der Waals surface area contributed by atoms with Crippen molar-refractivity contribution in [1.82, 2.24) is 14.6 Å². The summed E-state index contributed by atoms with van der Waals surface area (Å²) in [7, 11) is -1.99. The summed E-state index contributed by atoms with van der Waals surface area (Å²) < 4.78 is 27.8. The molecule has 7 nitrogen and oxygen atoms in total. The largest absolute Gasteiger partial charge is 0.357 e. The van der Waals surface area contributed by atoms with Crippen LogP contribution in [0, 0.1) is 5.92 Å². The minimum atomic E-state index is -3.64. The van der Waals surface area contributed by atoms with Gasteiger partial charge in [0.25, 0.3) is 5.91 Å². The van der Waals surface area contributed by atoms with Gasteiger partial charge in [0.15, 0.2) is 0 Å². The lowest BCUT2D eigenvalue weighted by atomic mass is 9.96. The molecular formula is C26H36N4O3S. The number of hydrogen-bond acceptors (Lipinski definition) is 5. The summed E-state index contributed by atoms with van der Waals surface area (Å²) in [6.07, 6.45) is 9.22. The number of hydrogen-bond donors (Lipinski definition) is 1. The van der Waals surface area contributed by atoms with Gasteiger partial charge in [0.05, 0.1) is 4.90 Å². The highest BCUT2D eigenvalue weighted by atomic mass is 32.2. The third-order valence-electron chi connectivity index (χ3n) is 7.23. The van der Waals surface area contributed by atoms with Gasteiger partial charge >= 0.3 is 0 Å². The molecule has 1 saturated heterocycles. The van der Waals surface area contributed by atoms with Crippen LogP contribution < -0.4 is 10.2 Å². The molecule has 1 saturated carbocycles. The number of aromatic nitrogens is 1. The number of sulfonamides is 1. The lowest BCUT2D eigenvalue weighted by Crippen LogP contribution is -2.38. The number of pyridine rings is 1. The number of amides is 1. The quantitative estimate of drug-likeness (QED) is 0.637. The van der Waals surface area contributed by atoms with Crippen LogP contribution in [-0.2, 0) is 16.6 Å². The monoisotopic (exact) mass is 484 g/mol. The first-order valence-corrected chi connectivity index (χ1v) is 13.8. The number of nitrogens with zero attached hydrogens (tertiary/aromatic N) is 3. The van der Waals surface area contributed by atoms with Crippen molar-refractivity contribution in [3.8, 4) is 0 Å². The maximum atomic E-state index is 13.1. The second-order valence-electron chi connectivity index (χ2n) is 9.72. The van der Waals surface area contributed by atoms with Gasteiger partial charge in [-0.25, -0.2) is 13.4 Å². The Kier molecular flexibility index (Phi) is 7.88. The normalized spacial score (nSPS) is 18.3. The maximum Gasteiger partial charge on any atom is 0.251 e. The number of nitrogens with one attached hydrogen (secondary N) is 1. The van der Waals surface area contributed by atoms with Crippen LogP contribution >= 0.6 is 0 Å². The van der Waals surface area contributed by atoms with Crippen LogP contribution in [0.5, 0.6) is 0 Å². The van der Waals surface area contributed by atoms with Crippen molar-refractivity contribution in [3.63, 3.8) is 0 Å². The molecule has 0 radical (unpaired) electrons. The molecule has 0 spiro atoms. The van der Waals surface area contributed by atoms with Gasteiger partial charge in [-0.05, 0) is 61.4 Å². The van der Waals surface area contributed by atoms with E-state index in [-0.39, 0.29) is 16.8 Å². The summed E-state index contributed by atoms with van der Waals surface area (Å²) in [5, 5.41) is 2.89. The first-order valence-electron chi connectivity index (χ1n) is 12.4. The predicted molar refractivity (Wildman–Crippen MR) is 134 cm³/mol. The summed E-state index contributed by atoms with van der Waals surface area (Å²) in [5.41, 5.74) is 1.24. The Morgan fingerprint density at radius 1 is 1.09 bits per heavy atom. The minimum absolute atomic E-state index is 0.0278. The average molecular weight is 485 g/mol. The summed E-state index contributed by atoms with van der Waals surface area (Å²) in [6.45, 7) is 4.68. The van der Waals surface area contributed by atoms with E-state index >= 15 is 0 Å². The molecule has 4 rings (SSSR count). The van der Waals surface area contributed by atoms with Crippen molar-refractivity contribution in [3.05, 3.63) is 53.7 Å². The van der Waals surface area contributed by atoms with Crippen LogP contribution in [0.2, 0.25) is 0 Å². The smallest absolute Gasteiger partial charge is 0.251 e. The third kappa shape index (κ3) is 5.78. The van der Waals surface area contributed by atoms with Gasteiger partial charge in [0.2, 0.25) is 10.0 Å². The lowest BCUT2D eigenvalue weighted by Gasteiger charge is -2.31. The predicted octanol–water partition coefficient (Wildman–Crippen LogP) is 4.20. The molecule has 2 heterocycles. The fourth-order valence-electron chi connectivity index (χ4n) is 4.84. The Hall–Kier alpha value is -2.45. The minimum Gasteiger partial charge on any atom is -0.357 e. The Morgan fingerprint density at radius 3 is 2.50 bits per heavy atom. The molecular weight excluding hydrogens is 448 g/mol. The Balaban J connectivity index is 1.37. The molecule has 1 aliphatic heterocycles. The zero-order chi connectivity index (χ0) is 24.1. The number of rotatable bonds is 7. The van der Waals surface area contributed by atoms with Gasteiger partial charge in [-0.3, -0.25) is 4.79 Å². The van der Waals surface area contributed by atoms with E-state index in [2.05, 4.69) is 22.1 Å². The highest BCUT2D eigenvalue weighted by Gasteiger charge is 2.29. The SMILES string of the molecule is CC1CCN(c2ccc(CNC(=O)c3cccc(S(=O)(=O)N(C)C4CCCCC4)c3)cn2)CC1. The third-order valence-corrected chi connectivity index (χ3v) is 9.14. The topological polar surface area (TPSA) is 82.6 Å². The summed E-state index contributed by atoms with van der Waals surface area (Å²) >= 11 is 0. The number of carbonyl (C=O) groups excluding carboxylic acids is 1. The van der Waals surface area contributed by atoms with Gasteiger partial charge in [0.1, 0.15) is 5.82 Å². The first kappa shape index (κ1) is 24.7. The van der Waals surface area contributed by atoms with Crippen molar-refractivity contribution in [2.75, 3.05) is 25.0 Å². The zero-order valence-electron chi connectivity index (χ0n) is 20.2. The molecule has 34 heavy (non-hydrogen) atoms. The molecule has 0 atom stereocenters. The molecule has 8 heteroatoms. The summed E-state index contributed by atoms with van der Waals surface area (Å²) in [6, 6.07) is 10.3. The Morgan fingerprint density at radius 2 is 1.82 bits per heavy atom. The number of piperidine rings is 1. The van der Waals surface area contributed by atoms with E-state index in [0.717, 1.165) is 62.5 Å². The highest BCUT2D eigenvalue weighted by molar-refractivity contribution is 7.89. The van der Waals surface area contributed by atoms with E-state index in [9.17, 15) is 13.2 Å². The van der Waals surface area contributed by atoms with E-state index in [1.165, 1.54) is 23.2 Å². The molecule has 184 valence electrons. The molecule has 0 unspecified atom stereocenters. The molecule has 1 N–H and O–H groups in total. The first-order chi connectivity index (χ1) is 16.3. The van der Waals surface area contributed by atoms with Crippen LogP contribution in [0.15, 0.2) is 47.5 Å². The summed E-state index contributed by atoms with van der Waals surface area (Å²) in [5.74, 6) is 1.44. The average Bonchev–Trinajstić information content (AvgIpc) is 2.88. The van der Waals surface area contributed by atoms with Crippen LogP contribution in [0.1, 0.15) is 67.8 Å². The van der Waals surface area contributed by atoms with Crippen molar-refractivity contribution in [2.45, 2.75) is 69.4 Å². The Labute approximate surface area is 203 Å². The van der Waals surface area contributed by atoms with E-state index in [1.807, 2.05) is 12.1 Å². The van der Waals surface area contributed by atoms with Gasteiger partial charge in [0, 0.05) is 44.5 Å². The van der Waals surface area contributed by atoms with E-state index in [0.29, 0.717) is 12.1 Å². The maximum absolute atomic E-state index is 13.1. The number of benzene rings is 1. The van der Waals surface area contributed by atoms with Crippen LogP contribution in [-0.4, -0.2) is 49.8 Å². The second kappa shape index (κ2) is 10.9. The molecule has 0 bridgehead atoms. The van der Waals surface area contributed by atoms with Crippen molar-refractivity contribution >= 4 is 21.7 Å². The van der Waals surface area contributed by atoms with Gasteiger partial charge in [-0.1, -0.05) is 38.3 Å². The van der Waals surface area contributed by atoms with Crippen molar-refractivity contribution in [2.24, 2.45) is 5.92 Å².